The van der Waals surface area contributed by atoms with Crippen molar-refractivity contribution in [3.63, 3.8) is 0 Å². The quantitative estimate of drug-likeness (QED) is 0.628. The molecule has 3 aromatic rings. The van der Waals surface area contributed by atoms with E-state index in [2.05, 4.69) is 10.2 Å². The SMILES string of the molecule is CN(C)CCCNC(=O)c1nn(-c2ccccc2)c2c1CCc1cc(Cl)ccc1-2. The average molecular weight is 409 g/mol. The molecule has 0 unspecified atom stereocenters. The number of aromatic nitrogens is 2. The van der Waals surface area contributed by atoms with Gasteiger partial charge in [0.05, 0.1) is 11.4 Å². The van der Waals surface area contributed by atoms with Crippen molar-refractivity contribution in [1.82, 2.24) is 20.0 Å². The van der Waals surface area contributed by atoms with Gasteiger partial charge in [-0.2, -0.15) is 5.10 Å². The standard InChI is InChI=1S/C23H25ClN4O/c1-27(2)14-6-13-25-23(29)21-20-11-9-16-15-17(24)10-12-19(16)22(20)28(26-21)18-7-4-3-5-8-18/h3-5,7-8,10,12,15H,6,9,11,13-14H2,1-2H3,(H,25,29). The van der Waals surface area contributed by atoms with Crippen molar-refractivity contribution < 1.29 is 4.79 Å². The number of nitrogens with one attached hydrogen (secondary N) is 1. The lowest BCUT2D eigenvalue weighted by molar-refractivity contribution is 0.0946. The van der Waals surface area contributed by atoms with Gasteiger partial charge >= 0.3 is 0 Å². The number of rotatable bonds is 6. The molecule has 0 radical (unpaired) electrons. The molecule has 0 saturated carbocycles. The number of nitrogens with zero attached hydrogens (tertiary/aromatic N) is 3. The van der Waals surface area contributed by atoms with Crippen LogP contribution in [0.3, 0.4) is 0 Å². The molecule has 1 aliphatic carbocycles. The molecule has 1 amide bonds. The Kier molecular flexibility index (Phi) is 5.69. The molecule has 0 bridgehead atoms. The molecule has 4 rings (SSSR count). The first-order chi connectivity index (χ1) is 14.0. The van der Waals surface area contributed by atoms with Crippen molar-refractivity contribution in [2.24, 2.45) is 0 Å². The largest absolute Gasteiger partial charge is 0.351 e. The van der Waals surface area contributed by atoms with E-state index < -0.39 is 0 Å². The average Bonchev–Trinajstić information content (AvgIpc) is 3.11. The number of amides is 1. The number of hydrogen-bond donors (Lipinski definition) is 1. The normalized spacial score (nSPS) is 12.6. The van der Waals surface area contributed by atoms with Crippen molar-refractivity contribution in [2.45, 2.75) is 19.3 Å². The number of carbonyl (C=O) groups excluding carboxylic acids is 1. The van der Waals surface area contributed by atoms with Gasteiger partial charge in [-0.3, -0.25) is 4.79 Å². The van der Waals surface area contributed by atoms with E-state index in [1.54, 1.807) is 0 Å². The van der Waals surface area contributed by atoms with Crippen molar-refractivity contribution in [3.05, 3.63) is 70.4 Å². The molecule has 6 heteroatoms. The number of halogens is 1. The highest BCUT2D eigenvalue weighted by Gasteiger charge is 2.28. The summed E-state index contributed by atoms with van der Waals surface area (Å²) in [7, 11) is 4.06. The molecule has 0 aliphatic heterocycles. The Bertz CT molecular complexity index is 1030. The molecular weight excluding hydrogens is 384 g/mol. The third-order valence-electron chi connectivity index (χ3n) is 5.23. The summed E-state index contributed by atoms with van der Waals surface area (Å²) in [5.74, 6) is -0.105. The van der Waals surface area contributed by atoms with Crippen molar-refractivity contribution in [1.29, 1.82) is 0 Å². The smallest absolute Gasteiger partial charge is 0.272 e. The molecule has 0 saturated heterocycles. The van der Waals surface area contributed by atoms with Gasteiger partial charge in [0.25, 0.3) is 5.91 Å². The number of fused-ring (bicyclic) bond motifs is 3. The number of para-hydroxylation sites is 1. The monoisotopic (exact) mass is 408 g/mol. The van der Waals surface area contributed by atoms with Gasteiger partial charge in [0.1, 0.15) is 0 Å². The van der Waals surface area contributed by atoms with Crippen LogP contribution in [0.25, 0.3) is 16.9 Å². The number of carbonyl (C=O) groups is 1. The molecule has 1 aromatic heterocycles. The van der Waals surface area contributed by atoms with Crippen LogP contribution in [-0.4, -0.2) is 47.8 Å². The first kappa shape index (κ1) is 19.7. The Labute approximate surface area is 176 Å². The van der Waals surface area contributed by atoms with Crippen LogP contribution in [0.1, 0.15) is 28.0 Å². The van der Waals surface area contributed by atoms with Crippen LogP contribution in [0.4, 0.5) is 0 Å². The van der Waals surface area contributed by atoms with Crippen molar-refractivity contribution >= 4 is 17.5 Å². The molecule has 150 valence electrons. The molecule has 2 aromatic carbocycles. The van der Waals surface area contributed by atoms with Crippen LogP contribution in [0.5, 0.6) is 0 Å². The Morgan fingerprint density at radius 3 is 2.72 bits per heavy atom. The lowest BCUT2D eigenvalue weighted by Gasteiger charge is -2.19. The highest BCUT2D eigenvalue weighted by molar-refractivity contribution is 6.30. The minimum Gasteiger partial charge on any atom is -0.351 e. The zero-order valence-corrected chi connectivity index (χ0v) is 17.5. The fourth-order valence-electron chi connectivity index (χ4n) is 3.84. The molecule has 29 heavy (non-hydrogen) atoms. The van der Waals surface area contributed by atoms with Gasteiger partial charge in [0.15, 0.2) is 5.69 Å². The molecule has 0 atom stereocenters. The van der Waals surface area contributed by atoms with Crippen LogP contribution in [0.2, 0.25) is 5.02 Å². The summed E-state index contributed by atoms with van der Waals surface area (Å²) in [5.41, 5.74) is 5.76. The third-order valence-corrected chi connectivity index (χ3v) is 5.47. The predicted molar refractivity (Wildman–Crippen MR) is 117 cm³/mol. The van der Waals surface area contributed by atoms with Gasteiger partial charge in [0.2, 0.25) is 0 Å². The number of aryl methyl sites for hydroxylation is 1. The second kappa shape index (κ2) is 8.39. The van der Waals surface area contributed by atoms with E-state index in [9.17, 15) is 4.79 Å². The van der Waals surface area contributed by atoms with E-state index in [-0.39, 0.29) is 5.91 Å². The minimum atomic E-state index is -0.105. The summed E-state index contributed by atoms with van der Waals surface area (Å²) in [5, 5.41) is 8.53. The summed E-state index contributed by atoms with van der Waals surface area (Å²) in [6.45, 7) is 1.57. The summed E-state index contributed by atoms with van der Waals surface area (Å²) in [4.78, 5) is 15.1. The first-order valence-corrected chi connectivity index (χ1v) is 10.3. The van der Waals surface area contributed by atoms with Gasteiger partial charge in [0, 0.05) is 22.7 Å². The molecule has 1 N–H and O–H groups in total. The fourth-order valence-corrected chi connectivity index (χ4v) is 4.04. The minimum absolute atomic E-state index is 0.105. The molecule has 0 spiro atoms. The van der Waals surface area contributed by atoms with E-state index in [1.807, 2.05) is 67.3 Å². The maximum atomic E-state index is 13.0. The van der Waals surface area contributed by atoms with Gasteiger partial charge in [-0.15, -0.1) is 0 Å². The molecular formula is C23H25ClN4O. The van der Waals surface area contributed by atoms with E-state index in [1.165, 1.54) is 5.56 Å². The summed E-state index contributed by atoms with van der Waals surface area (Å²) in [6.07, 6.45) is 2.53. The second-order valence-electron chi connectivity index (χ2n) is 7.64. The Morgan fingerprint density at radius 2 is 1.97 bits per heavy atom. The molecule has 0 fully saturated rings. The lowest BCUT2D eigenvalue weighted by Crippen LogP contribution is -2.28. The molecule has 1 heterocycles. The van der Waals surface area contributed by atoms with Crippen molar-refractivity contribution in [2.75, 3.05) is 27.2 Å². The van der Waals surface area contributed by atoms with E-state index in [0.717, 1.165) is 53.3 Å². The summed E-state index contributed by atoms with van der Waals surface area (Å²) >= 11 is 6.22. The Balaban J connectivity index is 1.73. The predicted octanol–water partition coefficient (Wildman–Crippen LogP) is 3.97. The van der Waals surface area contributed by atoms with Crippen LogP contribution < -0.4 is 5.32 Å². The van der Waals surface area contributed by atoms with E-state index in [4.69, 9.17) is 16.7 Å². The maximum Gasteiger partial charge on any atom is 0.272 e. The number of benzene rings is 2. The van der Waals surface area contributed by atoms with Gasteiger partial charge in [-0.05, 0) is 69.7 Å². The van der Waals surface area contributed by atoms with E-state index >= 15 is 0 Å². The van der Waals surface area contributed by atoms with Gasteiger partial charge in [-0.1, -0.05) is 35.9 Å². The number of hydrogen-bond acceptors (Lipinski definition) is 3. The van der Waals surface area contributed by atoms with Crippen LogP contribution >= 0.6 is 11.6 Å². The third kappa shape index (κ3) is 4.07. The second-order valence-corrected chi connectivity index (χ2v) is 8.07. The highest BCUT2D eigenvalue weighted by Crippen LogP contribution is 2.38. The van der Waals surface area contributed by atoms with Gasteiger partial charge in [-0.25, -0.2) is 4.68 Å². The highest BCUT2D eigenvalue weighted by atomic mass is 35.5. The lowest BCUT2D eigenvalue weighted by atomic mass is 9.88. The fraction of sp³-hybridized carbons (Fsp3) is 0.304. The van der Waals surface area contributed by atoms with Crippen LogP contribution in [-0.2, 0) is 12.8 Å². The summed E-state index contributed by atoms with van der Waals surface area (Å²) < 4.78 is 1.90. The molecule has 5 nitrogen and oxygen atoms in total. The van der Waals surface area contributed by atoms with Crippen LogP contribution in [0.15, 0.2) is 48.5 Å². The maximum absolute atomic E-state index is 13.0. The molecule has 1 aliphatic rings. The zero-order chi connectivity index (χ0) is 20.4. The summed E-state index contributed by atoms with van der Waals surface area (Å²) in [6, 6.07) is 15.9. The Morgan fingerprint density at radius 1 is 1.17 bits per heavy atom. The van der Waals surface area contributed by atoms with Crippen molar-refractivity contribution in [3.8, 4) is 16.9 Å². The zero-order valence-electron chi connectivity index (χ0n) is 16.8. The first-order valence-electron chi connectivity index (χ1n) is 9.93. The van der Waals surface area contributed by atoms with Gasteiger partial charge < -0.3 is 10.2 Å². The van der Waals surface area contributed by atoms with E-state index in [0.29, 0.717) is 12.2 Å². The topological polar surface area (TPSA) is 50.2 Å². The van der Waals surface area contributed by atoms with Crippen LogP contribution in [0, 0.1) is 0 Å². The Hall–Kier alpha value is -2.63.